The molecule has 3 rings (SSSR count). The van der Waals surface area contributed by atoms with E-state index in [0.29, 0.717) is 11.3 Å². The van der Waals surface area contributed by atoms with E-state index in [1.54, 1.807) is 36.4 Å². The lowest BCUT2D eigenvalue weighted by molar-refractivity contribution is 0.103. The summed E-state index contributed by atoms with van der Waals surface area (Å²) in [4.78, 5) is 25.9. The number of benzene rings is 2. The first-order valence-electron chi connectivity index (χ1n) is 9.55. The molecule has 0 fully saturated rings. The van der Waals surface area contributed by atoms with Crippen molar-refractivity contribution in [1.29, 1.82) is 5.26 Å². The molecule has 0 amide bonds. The van der Waals surface area contributed by atoms with Crippen molar-refractivity contribution in [3.05, 3.63) is 92.8 Å². The summed E-state index contributed by atoms with van der Waals surface area (Å²) < 4.78 is 6.65. The maximum Gasteiger partial charge on any atom is 0.271 e. The molecule has 0 aliphatic rings. The minimum absolute atomic E-state index is 0.00225. The minimum atomic E-state index is -0.631. The monoisotopic (exact) mass is 402 g/mol. The Morgan fingerprint density at radius 2 is 1.77 bits per heavy atom. The Morgan fingerprint density at radius 1 is 1.13 bits per heavy atom. The summed E-state index contributed by atoms with van der Waals surface area (Å²) in [5, 5.41) is 20.4. The van der Waals surface area contributed by atoms with Crippen molar-refractivity contribution in [1.82, 2.24) is 4.57 Å². The van der Waals surface area contributed by atoms with Crippen LogP contribution in [0, 0.1) is 18.3 Å². The maximum atomic E-state index is 13.2. The molecule has 0 unspecified atom stereocenters. The summed E-state index contributed by atoms with van der Waals surface area (Å²) in [5.41, 5.74) is 0.395. The second-order valence-corrected chi connectivity index (χ2v) is 7.21. The third kappa shape index (κ3) is 4.11. The van der Waals surface area contributed by atoms with Gasteiger partial charge in [-0.1, -0.05) is 30.3 Å². The van der Waals surface area contributed by atoms with Crippen LogP contribution in [0.5, 0.6) is 11.6 Å². The predicted molar refractivity (Wildman–Crippen MR) is 113 cm³/mol. The number of hydrogen-bond acceptors (Lipinski definition) is 5. The van der Waals surface area contributed by atoms with Gasteiger partial charge in [-0.15, -0.1) is 0 Å². The van der Waals surface area contributed by atoms with Crippen LogP contribution in [0.15, 0.2) is 59.4 Å². The largest absolute Gasteiger partial charge is 0.494 e. The lowest BCUT2D eigenvalue weighted by Crippen LogP contribution is -2.27. The second-order valence-electron chi connectivity index (χ2n) is 7.21. The lowest BCUT2D eigenvalue weighted by Gasteiger charge is -2.16. The predicted octanol–water partition coefficient (Wildman–Crippen LogP) is 3.80. The molecule has 6 heteroatoms. The Bertz CT molecular complexity index is 1170. The molecule has 1 heterocycles. The highest BCUT2D eigenvalue weighted by atomic mass is 16.5. The first kappa shape index (κ1) is 20.9. The third-order valence-corrected chi connectivity index (χ3v) is 4.70. The molecule has 6 nitrogen and oxygen atoms in total. The first-order chi connectivity index (χ1) is 14.3. The number of carbonyl (C=O) groups is 1. The zero-order chi connectivity index (χ0) is 21.8. The Hall–Kier alpha value is -3.85. The number of rotatable bonds is 6. The molecule has 0 saturated heterocycles. The van der Waals surface area contributed by atoms with Gasteiger partial charge in [-0.25, -0.2) is 0 Å². The van der Waals surface area contributed by atoms with Crippen LogP contribution in [0.1, 0.15) is 46.5 Å². The SMILES string of the molecule is Cc1c(C(=O)c2ccc(OC(C)C)cc2)c(O)n(Cc2ccccc2)c(=O)c1C#N. The standard InChI is InChI=1S/C24H22N2O4/c1-15(2)30-19-11-9-18(10-12-19)22(27)21-16(3)20(13-25)23(28)26(24(21)29)14-17-7-5-4-6-8-17/h4-12,15,29H,14H2,1-3H3. The molecule has 0 saturated carbocycles. The summed E-state index contributed by atoms with van der Waals surface area (Å²) in [5.74, 6) is -0.304. The number of pyridine rings is 1. The first-order valence-corrected chi connectivity index (χ1v) is 9.55. The molecule has 0 radical (unpaired) electrons. The molecular weight excluding hydrogens is 380 g/mol. The van der Waals surface area contributed by atoms with Gasteiger partial charge in [-0.05, 0) is 56.2 Å². The number of carbonyl (C=O) groups excluding carboxylic acids is 1. The van der Waals surface area contributed by atoms with Crippen LogP contribution in [0.2, 0.25) is 0 Å². The average molecular weight is 402 g/mol. The summed E-state index contributed by atoms with van der Waals surface area (Å²) in [6.45, 7) is 5.34. The van der Waals surface area contributed by atoms with Crippen molar-refractivity contribution in [3.63, 3.8) is 0 Å². The molecule has 30 heavy (non-hydrogen) atoms. The van der Waals surface area contributed by atoms with Crippen LogP contribution in [0.4, 0.5) is 0 Å². The van der Waals surface area contributed by atoms with E-state index < -0.39 is 17.2 Å². The molecule has 2 aromatic carbocycles. The van der Waals surface area contributed by atoms with Gasteiger partial charge >= 0.3 is 0 Å². The molecular formula is C24H22N2O4. The van der Waals surface area contributed by atoms with Gasteiger partial charge in [-0.3, -0.25) is 14.2 Å². The fourth-order valence-corrected chi connectivity index (χ4v) is 3.24. The van der Waals surface area contributed by atoms with Crippen LogP contribution in [0.3, 0.4) is 0 Å². The van der Waals surface area contributed by atoms with Gasteiger partial charge in [0.2, 0.25) is 5.88 Å². The van der Waals surface area contributed by atoms with Crippen LogP contribution in [-0.4, -0.2) is 21.6 Å². The van der Waals surface area contributed by atoms with E-state index in [1.807, 2.05) is 38.1 Å². The van der Waals surface area contributed by atoms with E-state index in [0.717, 1.165) is 10.1 Å². The van der Waals surface area contributed by atoms with Gasteiger partial charge < -0.3 is 9.84 Å². The second kappa shape index (κ2) is 8.66. The van der Waals surface area contributed by atoms with E-state index in [1.165, 1.54) is 6.92 Å². The topological polar surface area (TPSA) is 92.3 Å². The number of nitriles is 1. The van der Waals surface area contributed by atoms with Crippen molar-refractivity contribution in [2.24, 2.45) is 0 Å². The van der Waals surface area contributed by atoms with Gasteiger partial charge in [0.15, 0.2) is 5.78 Å². The number of aromatic nitrogens is 1. The number of nitrogens with zero attached hydrogens (tertiary/aromatic N) is 2. The molecule has 3 aromatic rings. The van der Waals surface area contributed by atoms with Crippen LogP contribution in [0.25, 0.3) is 0 Å². The van der Waals surface area contributed by atoms with Crippen molar-refractivity contribution in [2.75, 3.05) is 0 Å². The third-order valence-electron chi connectivity index (χ3n) is 4.70. The van der Waals surface area contributed by atoms with E-state index in [4.69, 9.17) is 4.74 Å². The molecule has 0 atom stereocenters. The zero-order valence-corrected chi connectivity index (χ0v) is 17.0. The Morgan fingerprint density at radius 3 is 2.33 bits per heavy atom. The number of ether oxygens (including phenoxy) is 1. The summed E-state index contributed by atoms with van der Waals surface area (Å²) in [6, 6.07) is 17.5. The Labute approximate surface area is 174 Å². The van der Waals surface area contributed by atoms with Gasteiger partial charge in [0.1, 0.15) is 17.4 Å². The highest BCUT2D eigenvalue weighted by Gasteiger charge is 2.25. The van der Waals surface area contributed by atoms with Crippen molar-refractivity contribution in [2.45, 2.75) is 33.4 Å². The van der Waals surface area contributed by atoms with Crippen LogP contribution in [-0.2, 0) is 6.54 Å². The molecule has 152 valence electrons. The fraction of sp³-hybridized carbons (Fsp3) is 0.208. The normalized spacial score (nSPS) is 10.6. The lowest BCUT2D eigenvalue weighted by atomic mass is 9.97. The van der Waals surface area contributed by atoms with E-state index in [2.05, 4.69) is 0 Å². The summed E-state index contributed by atoms with van der Waals surface area (Å²) >= 11 is 0. The average Bonchev–Trinajstić information content (AvgIpc) is 2.72. The van der Waals surface area contributed by atoms with E-state index in [9.17, 15) is 20.0 Å². The zero-order valence-electron chi connectivity index (χ0n) is 17.0. The molecule has 1 N–H and O–H groups in total. The van der Waals surface area contributed by atoms with Gasteiger partial charge in [0.25, 0.3) is 5.56 Å². The fourth-order valence-electron chi connectivity index (χ4n) is 3.24. The summed E-state index contributed by atoms with van der Waals surface area (Å²) in [7, 11) is 0. The molecule has 0 bridgehead atoms. The smallest absolute Gasteiger partial charge is 0.271 e. The van der Waals surface area contributed by atoms with E-state index >= 15 is 0 Å². The molecule has 0 aliphatic heterocycles. The van der Waals surface area contributed by atoms with Crippen LogP contribution < -0.4 is 10.3 Å². The molecule has 0 aliphatic carbocycles. The van der Waals surface area contributed by atoms with Crippen molar-refractivity contribution >= 4 is 5.78 Å². The maximum absolute atomic E-state index is 13.2. The minimum Gasteiger partial charge on any atom is -0.494 e. The van der Waals surface area contributed by atoms with Crippen LogP contribution >= 0.6 is 0 Å². The van der Waals surface area contributed by atoms with Crippen molar-refractivity contribution < 1.29 is 14.6 Å². The number of ketones is 1. The van der Waals surface area contributed by atoms with E-state index in [-0.39, 0.29) is 29.3 Å². The van der Waals surface area contributed by atoms with Gasteiger partial charge in [-0.2, -0.15) is 5.26 Å². The van der Waals surface area contributed by atoms with Gasteiger partial charge in [0, 0.05) is 5.56 Å². The Balaban J connectivity index is 2.10. The quantitative estimate of drug-likeness (QED) is 0.633. The molecule has 0 spiro atoms. The highest BCUT2D eigenvalue weighted by molar-refractivity contribution is 6.11. The number of aromatic hydroxyl groups is 1. The number of hydrogen-bond donors (Lipinski definition) is 1. The molecule has 1 aromatic heterocycles. The van der Waals surface area contributed by atoms with Crippen molar-refractivity contribution in [3.8, 4) is 17.7 Å². The summed E-state index contributed by atoms with van der Waals surface area (Å²) in [6.07, 6.45) is -0.00225. The Kier molecular flexibility index (Phi) is 6.03. The highest BCUT2D eigenvalue weighted by Crippen LogP contribution is 2.26. The van der Waals surface area contributed by atoms with Gasteiger partial charge in [0.05, 0.1) is 18.2 Å².